The minimum atomic E-state index is 0. The molecule has 0 aliphatic carbocycles. The first-order valence-corrected chi connectivity index (χ1v) is 9.77. The van der Waals surface area contributed by atoms with Crippen LogP contribution >= 0.6 is 23.7 Å². The number of fused-ring (bicyclic) bond motifs is 1. The third-order valence-corrected chi connectivity index (χ3v) is 6.27. The maximum atomic E-state index is 12.6. The van der Waals surface area contributed by atoms with Gasteiger partial charge in [-0.3, -0.25) is 9.59 Å². The number of hydrogen-bond acceptors (Lipinski definition) is 5. The van der Waals surface area contributed by atoms with Crippen LogP contribution in [-0.2, 0) is 4.79 Å². The van der Waals surface area contributed by atoms with Crippen molar-refractivity contribution in [2.24, 2.45) is 5.92 Å². The molecule has 2 aromatic rings. The molecule has 2 saturated heterocycles. The Labute approximate surface area is 162 Å². The van der Waals surface area contributed by atoms with Crippen molar-refractivity contribution in [2.75, 3.05) is 39.3 Å². The van der Waals surface area contributed by atoms with E-state index in [1.165, 1.54) is 17.8 Å². The van der Waals surface area contributed by atoms with Crippen molar-refractivity contribution in [1.82, 2.24) is 15.1 Å². The van der Waals surface area contributed by atoms with Crippen LogP contribution in [0.1, 0.15) is 28.9 Å². The average Bonchev–Trinajstić information content (AvgIpc) is 3.36. The number of nitrogens with one attached hydrogen (secondary N) is 1. The summed E-state index contributed by atoms with van der Waals surface area (Å²) in [6.07, 6.45) is 4.42. The van der Waals surface area contributed by atoms with Gasteiger partial charge in [0.2, 0.25) is 5.91 Å². The van der Waals surface area contributed by atoms with Crippen LogP contribution < -0.4 is 5.32 Å². The summed E-state index contributed by atoms with van der Waals surface area (Å²) in [6, 6.07) is 3.70. The van der Waals surface area contributed by atoms with E-state index in [9.17, 15) is 9.59 Å². The monoisotopic (exact) mass is 397 g/mol. The molecule has 1 atom stereocenters. The molecule has 4 heterocycles. The second-order valence-corrected chi connectivity index (χ2v) is 7.91. The van der Waals surface area contributed by atoms with Gasteiger partial charge < -0.3 is 19.5 Å². The van der Waals surface area contributed by atoms with E-state index in [0.29, 0.717) is 43.4 Å². The fourth-order valence-electron chi connectivity index (χ4n) is 3.63. The van der Waals surface area contributed by atoms with Gasteiger partial charge in [-0.25, -0.2) is 0 Å². The highest BCUT2D eigenvalue weighted by molar-refractivity contribution is 7.20. The molecular weight excluding hydrogens is 374 g/mol. The minimum Gasteiger partial charge on any atom is -0.463 e. The number of hydrogen-bond donors (Lipinski definition) is 1. The van der Waals surface area contributed by atoms with Crippen LogP contribution in [0.25, 0.3) is 10.3 Å². The van der Waals surface area contributed by atoms with E-state index in [4.69, 9.17) is 4.42 Å². The fourth-order valence-corrected chi connectivity index (χ4v) is 4.58. The quantitative estimate of drug-likeness (QED) is 0.861. The number of carbonyl (C=O) groups excluding carboxylic acids is 2. The zero-order chi connectivity index (χ0) is 17.2. The Hall–Kier alpha value is -1.57. The number of thiophene rings is 1. The van der Waals surface area contributed by atoms with Crippen LogP contribution in [-0.4, -0.2) is 60.9 Å². The van der Waals surface area contributed by atoms with Crippen molar-refractivity contribution < 1.29 is 14.0 Å². The Balaban J connectivity index is 0.00000196. The summed E-state index contributed by atoms with van der Waals surface area (Å²) >= 11 is 1.46. The molecular formula is C18H24ClN3O3S. The highest BCUT2D eigenvalue weighted by Gasteiger charge is 2.26. The zero-order valence-electron chi connectivity index (χ0n) is 14.6. The first kappa shape index (κ1) is 19.2. The maximum Gasteiger partial charge on any atom is 0.264 e. The summed E-state index contributed by atoms with van der Waals surface area (Å²) in [7, 11) is 0. The molecule has 26 heavy (non-hydrogen) atoms. The number of nitrogens with zero attached hydrogens (tertiary/aromatic N) is 2. The normalized spacial score (nSPS) is 20.4. The van der Waals surface area contributed by atoms with E-state index in [2.05, 4.69) is 5.32 Å². The maximum absolute atomic E-state index is 12.6. The van der Waals surface area contributed by atoms with Gasteiger partial charge in [0.15, 0.2) is 0 Å². The molecule has 1 unspecified atom stereocenters. The van der Waals surface area contributed by atoms with Crippen LogP contribution in [0.15, 0.2) is 22.8 Å². The van der Waals surface area contributed by atoms with Gasteiger partial charge in [0.1, 0.15) is 5.58 Å². The van der Waals surface area contributed by atoms with Gasteiger partial charge in [0, 0.05) is 38.7 Å². The first-order chi connectivity index (χ1) is 12.2. The van der Waals surface area contributed by atoms with E-state index in [0.717, 1.165) is 29.8 Å². The van der Waals surface area contributed by atoms with Crippen LogP contribution in [0, 0.1) is 5.92 Å². The highest BCUT2D eigenvalue weighted by atomic mass is 35.5. The SMILES string of the molecule is Cl.O=C(CCC1CCNC1)N1CCN(C(=O)c2cc3occc3s2)CC1. The molecule has 2 amide bonds. The van der Waals surface area contributed by atoms with Gasteiger partial charge in [-0.05, 0) is 37.9 Å². The predicted octanol–water partition coefficient (Wildman–Crippen LogP) is 2.59. The number of piperazine rings is 1. The molecule has 0 saturated carbocycles. The summed E-state index contributed by atoms with van der Waals surface area (Å²) < 4.78 is 6.33. The number of furan rings is 1. The van der Waals surface area contributed by atoms with Gasteiger partial charge >= 0.3 is 0 Å². The Bertz CT molecular complexity index is 732. The van der Waals surface area contributed by atoms with Gasteiger partial charge in [0.05, 0.1) is 15.8 Å². The smallest absolute Gasteiger partial charge is 0.264 e. The second kappa shape index (κ2) is 8.41. The molecule has 2 aliphatic rings. The Morgan fingerprint density at radius 2 is 2.00 bits per heavy atom. The topological polar surface area (TPSA) is 65.8 Å². The molecule has 0 aromatic carbocycles. The largest absolute Gasteiger partial charge is 0.463 e. The minimum absolute atomic E-state index is 0. The summed E-state index contributed by atoms with van der Waals surface area (Å²) in [5.74, 6) is 0.914. The van der Waals surface area contributed by atoms with E-state index >= 15 is 0 Å². The number of carbonyl (C=O) groups is 2. The zero-order valence-corrected chi connectivity index (χ0v) is 16.2. The molecule has 2 aromatic heterocycles. The molecule has 8 heteroatoms. The summed E-state index contributed by atoms with van der Waals surface area (Å²) in [4.78, 5) is 29.5. The van der Waals surface area contributed by atoms with Gasteiger partial charge in [-0.15, -0.1) is 23.7 Å². The number of halogens is 1. The van der Waals surface area contributed by atoms with Gasteiger partial charge in [-0.2, -0.15) is 0 Å². The van der Waals surface area contributed by atoms with Crippen molar-refractivity contribution in [2.45, 2.75) is 19.3 Å². The lowest BCUT2D eigenvalue weighted by molar-refractivity contribution is -0.132. The number of amides is 2. The van der Waals surface area contributed by atoms with E-state index in [1.807, 2.05) is 21.9 Å². The van der Waals surface area contributed by atoms with Crippen molar-refractivity contribution in [3.63, 3.8) is 0 Å². The molecule has 4 rings (SSSR count). The third-order valence-electron chi connectivity index (χ3n) is 5.20. The lowest BCUT2D eigenvalue weighted by Crippen LogP contribution is -2.50. The fraction of sp³-hybridized carbons (Fsp3) is 0.556. The lowest BCUT2D eigenvalue weighted by atomic mass is 10.0. The first-order valence-electron chi connectivity index (χ1n) is 8.95. The highest BCUT2D eigenvalue weighted by Crippen LogP contribution is 2.27. The summed E-state index contributed by atoms with van der Waals surface area (Å²) in [6.45, 7) is 4.60. The van der Waals surface area contributed by atoms with Crippen LogP contribution in [0.5, 0.6) is 0 Å². The average molecular weight is 398 g/mol. The molecule has 1 N–H and O–H groups in total. The summed E-state index contributed by atoms with van der Waals surface area (Å²) in [5.41, 5.74) is 0.767. The van der Waals surface area contributed by atoms with Gasteiger partial charge in [0.25, 0.3) is 5.91 Å². The molecule has 2 aliphatic heterocycles. The Morgan fingerprint density at radius 3 is 2.69 bits per heavy atom. The standard InChI is InChI=1S/C18H23N3O3S.ClH/c22-17(2-1-13-3-5-19-12-13)20-6-8-21(9-7-20)18(23)16-11-14-15(25-16)4-10-24-14;/h4,10-11,13,19H,1-3,5-9,12H2;1H. The predicted molar refractivity (Wildman–Crippen MR) is 104 cm³/mol. The molecule has 0 radical (unpaired) electrons. The van der Waals surface area contributed by atoms with Crippen LogP contribution in [0.4, 0.5) is 0 Å². The Morgan fingerprint density at radius 1 is 1.23 bits per heavy atom. The van der Waals surface area contributed by atoms with E-state index < -0.39 is 0 Å². The molecule has 142 valence electrons. The van der Waals surface area contributed by atoms with Crippen molar-refractivity contribution in [3.05, 3.63) is 23.3 Å². The molecule has 2 fully saturated rings. The van der Waals surface area contributed by atoms with Crippen molar-refractivity contribution in [3.8, 4) is 0 Å². The Kier molecular flexibility index (Phi) is 6.21. The second-order valence-electron chi connectivity index (χ2n) is 6.83. The number of rotatable bonds is 4. The van der Waals surface area contributed by atoms with Crippen LogP contribution in [0.3, 0.4) is 0 Å². The third kappa shape index (κ3) is 4.05. The lowest BCUT2D eigenvalue weighted by Gasteiger charge is -2.34. The molecule has 6 nitrogen and oxygen atoms in total. The molecule has 0 spiro atoms. The molecule has 0 bridgehead atoms. The van der Waals surface area contributed by atoms with E-state index in [1.54, 1.807) is 6.26 Å². The van der Waals surface area contributed by atoms with Crippen molar-refractivity contribution >= 4 is 45.8 Å². The van der Waals surface area contributed by atoms with Gasteiger partial charge in [-0.1, -0.05) is 0 Å². The van der Waals surface area contributed by atoms with Crippen molar-refractivity contribution in [1.29, 1.82) is 0 Å². The summed E-state index contributed by atoms with van der Waals surface area (Å²) in [5, 5.41) is 3.34. The van der Waals surface area contributed by atoms with E-state index in [-0.39, 0.29) is 24.2 Å². The van der Waals surface area contributed by atoms with Crippen LogP contribution in [0.2, 0.25) is 0 Å².